The first-order valence-corrected chi connectivity index (χ1v) is 6.71. The summed E-state index contributed by atoms with van der Waals surface area (Å²) in [6.45, 7) is 0. The van der Waals surface area contributed by atoms with Gasteiger partial charge in [-0.15, -0.1) is 0 Å². The van der Waals surface area contributed by atoms with Gasteiger partial charge in [-0.05, 0) is 52.9 Å². The summed E-state index contributed by atoms with van der Waals surface area (Å²) in [7, 11) is 0. The minimum Gasteiger partial charge on any atom is -0.508 e. The van der Waals surface area contributed by atoms with Crippen LogP contribution in [0.4, 0.5) is 5.69 Å². The molecule has 0 bridgehead atoms. The predicted octanol–water partition coefficient (Wildman–Crippen LogP) is 3.61. The van der Waals surface area contributed by atoms with Crippen molar-refractivity contribution in [3.05, 3.63) is 50.6 Å². The SMILES string of the molecule is O=C(Nc1cc(I)ccc1Cl)c1ccc(O)cc1O. The van der Waals surface area contributed by atoms with E-state index in [9.17, 15) is 15.0 Å². The zero-order chi connectivity index (χ0) is 14.0. The molecule has 0 unspecified atom stereocenters. The van der Waals surface area contributed by atoms with Gasteiger partial charge in [0, 0.05) is 9.64 Å². The first-order valence-electron chi connectivity index (χ1n) is 5.26. The van der Waals surface area contributed by atoms with Gasteiger partial charge in [-0.25, -0.2) is 0 Å². The predicted molar refractivity (Wildman–Crippen MR) is 81.9 cm³/mol. The van der Waals surface area contributed by atoms with Gasteiger partial charge in [0.15, 0.2) is 0 Å². The number of benzene rings is 2. The van der Waals surface area contributed by atoms with E-state index in [4.69, 9.17) is 11.6 Å². The molecule has 0 saturated carbocycles. The highest BCUT2D eigenvalue weighted by molar-refractivity contribution is 14.1. The van der Waals surface area contributed by atoms with E-state index in [-0.39, 0.29) is 17.1 Å². The summed E-state index contributed by atoms with van der Waals surface area (Å²) >= 11 is 8.07. The smallest absolute Gasteiger partial charge is 0.259 e. The van der Waals surface area contributed by atoms with E-state index in [0.717, 1.165) is 9.64 Å². The Bertz CT molecular complexity index is 646. The van der Waals surface area contributed by atoms with Gasteiger partial charge in [0.1, 0.15) is 11.5 Å². The highest BCUT2D eigenvalue weighted by Gasteiger charge is 2.13. The largest absolute Gasteiger partial charge is 0.508 e. The Morgan fingerprint density at radius 3 is 2.58 bits per heavy atom. The fourth-order valence-electron chi connectivity index (χ4n) is 1.49. The molecule has 0 aliphatic rings. The van der Waals surface area contributed by atoms with Crippen molar-refractivity contribution in [2.24, 2.45) is 0 Å². The van der Waals surface area contributed by atoms with Crippen molar-refractivity contribution >= 4 is 45.8 Å². The third-order valence-corrected chi connectivity index (χ3v) is 3.40. The second kappa shape index (κ2) is 5.66. The van der Waals surface area contributed by atoms with E-state index in [1.165, 1.54) is 12.1 Å². The summed E-state index contributed by atoms with van der Waals surface area (Å²) in [4.78, 5) is 12.0. The van der Waals surface area contributed by atoms with Gasteiger partial charge in [-0.3, -0.25) is 4.79 Å². The molecule has 19 heavy (non-hydrogen) atoms. The van der Waals surface area contributed by atoms with Crippen LogP contribution in [0.25, 0.3) is 0 Å². The number of aromatic hydroxyl groups is 2. The summed E-state index contributed by atoms with van der Waals surface area (Å²) < 4.78 is 0.923. The Morgan fingerprint density at radius 2 is 1.89 bits per heavy atom. The molecule has 0 aromatic heterocycles. The molecule has 2 rings (SSSR count). The first-order chi connectivity index (χ1) is 8.97. The summed E-state index contributed by atoms with van der Waals surface area (Å²) in [5.74, 6) is -0.901. The molecule has 2 aromatic carbocycles. The molecule has 0 atom stereocenters. The van der Waals surface area contributed by atoms with Gasteiger partial charge in [0.25, 0.3) is 5.91 Å². The molecule has 1 amide bonds. The summed E-state index contributed by atoms with van der Waals surface area (Å²) in [6, 6.07) is 8.97. The molecule has 98 valence electrons. The van der Waals surface area contributed by atoms with Crippen LogP contribution in [0.15, 0.2) is 36.4 Å². The van der Waals surface area contributed by atoms with Crippen molar-refractivity contribution in [1.82, 2.24) is 0 Å². The van der Waals surface area contributed by atoms with Crippen molar-refractivity contribution in [3.63, 3.8) is 0 Å². The molecule has 0 aliphatic carbocycles. The number of nitrogens with one attached hydrogen (secondary N) is 1. The van der Waals surface area contributed by atoms with E-state index in [2.05, 4.69) is 27.9 Å². The van der Waals surface area contributed by atoms with Gasteiger partial charge in [-0.2, -0.15) is 0 Å². The van der Waals surface area contributed by atoms with Crippen molar-refractivity contribution in [3.8, 4) is 11.5 Å². The van der Waals surface area contributed by atoms with Crippen LogP contribution < -0.4 is 5.32 Å². The Morgan fingerprint density at radius 1 is 1.16 bits per heavy atom. The molecule has 0 radical (unpaired) electrons. The van der Waals surface area contributed by atoms with Crippen LogP contribution in [0, 0.1) is 3.57 Å². The Hall–Kier alpha value is -1.47. The molecular formula is C13H9ClINO3. The zero-order valence-corrected chi connectivity index (χ0v) is 12.4. The van der Waals surface area contributed by atoms with Crippen LogP contribution in [-0.2, 0) is 0 Å². The number of rotatable bonds is 2. The topological polar surface area (TPSA) is 69.6 Å². The lowest BCUT2D eigenvalue weighted by Gasteiger charge is -2.09. The second-order valence-corrected chi connectivity index (χ2v) is 5.43. The van der Waals surface area contributed by atoms with Gasteiger partial charge in [0.2, 0.25) is 0 Å². The number of phenols is 2. The van der Waals surface area contributed by atoms with Gasteiger partial charge >= 0.3 is 0 Å². The number of halogens is 2. The van der Waals surface area contributed by atoms with E-state index >= 15 is 0 Å². The maximum Gasteiger partial charge on any atom is 0.259 e. The lowest BCUT2D eigenvalue weighted by atomic mass is 10.1. The number of hydrogen-bond donors (Lipinski definition) is 3. The quantitative estimate of drug-likeness (QED) is 0.687. The molecule has 0 fully saturated rings. The van der Waals surface area contributed by atoms with Crippen LogP contribution in [0.5, 0.6) is 11.5 Å². The molecule has 0 saturated heterocycles. The summed E-state index contributed by atoms with van der Waals surface area (Å²) in [5.41, 5.74) is 0.527. The van der Waals surface area contributed by atoms with Gasteiger partial charge < -0.3 is 15.5 Å². The van der Waals surface area contributed by atoms with Crippen molar-refractivity contribution in [1.29, 1.82) is 0 Å². The average Bonchev–Trinajstić information content (AvgIpc) is 2.33. The van der Waals surface area contributed by atoms with Crippen LogP contribution in [0.2, 0.25) is 5.02 Å². The minimum atomic E-state index is -0.499. The molecule has 0 aliphatic heterocycles. The van der Waals surface area contributed by atoms with Crippen molar-refractivity contribution in [2.75, 3.05) is 5.32 Å². The highest BCUT2D eigenvalue weighted by Crippen LogP contribution is 2.27. The third-order valence-electron chi connectivity index (χ3n) is 2.40. The number of carbonyl (C=O) groups excluding carboxylic acids is 1. The molecule has 0 spiro atoms. The monoisotopic (exact) mass is 389 g/mol. The maximum atomic E-state index is 12.0. The molecule has 3 N–H and O–H groups in total. The average molecular weight is 390 g/mol. The van der Waals surface area contributed by atoms with Crippen LogP contribution >= 0.6 is 34.2 Å². The third kappa shape index (κ3) is 3.30. The lowest BCUT2D eigenvalue weighted by Crippen LogP contribution is -2.12. The fourth-order valence-corrected chi connectivity index (χ4v) is 2.15. The molecule has 2 aromatic rings. The fraction of sp³-hybridized carbons (Fsp3) is 0. The van der Waals surface area contributed by atoms with Crippen molar-refractivity contribution in [2.45, 2.75) is 0 Å². The molecular weight excluding hydrogens is 381 g/mol. The first kappa shape index (κ1) is 14.0. The van der Waals surface area contributed by atoms with E-state index in [0.29, 0.717) is 10.7 Å². The van der Waals surface area contributed by atoms with E-state index in [1.54, 1.807) is 12.1 Å². The summed E-state index contributed by atoms with van der Waals surface area (Å²) in [6.07, 6.45) is 0. The van der Waals surface area contributed by atoms with Crippen LogP contribution in [0.3, 0.4) is 0 Å². The molecule has 0 heterocycles. The Labute approximate surface area is 128 Å². The molecule has 4 nitrogen and oxygen atoms in total. The standard InChI is InChI=1S/C13H9ClINO3/c14-10-4-1-7(15)5-11(10)16-13(19)9-3-2-8(17)6-12(9)18/h1-6,17-18H,(H,16,19). The van der Waals surface area contributed by atoms with Crippen LogP contribution in [0.1, 0.15) is 10.4 Å². The highest BCUT2D eigenvalue weighted by atomic mass is 127. The number of hydrogen-bond acceptors (Lipinski definition) is 3. The number of phenolic OH excluding ortho intramolecular Hbond substituents is 2. The minimum absolute atomic E-state index is 0.0627. The zero-order valence-electron chi connectivity index (χ0n) is 9.52. The summed E-state index contributed by atoms with van der Waals surface area (Å²) in [5, 5.41) is 21.8. The van der Waals surface area contributed by atoms with Crippen LogP contribution in [-0.4, -0.2) is 16.1 Å². The van der Waals surface area contributed by atoms with E-state index in [1.807, 2.05) is 6.07 Å². The van der Waals surface area contributed by atoms with Gasteiger partial charge in [0.05, 0.1) is 16.3 Å². The van der Waals surface area contributed by atoms with E-state index < -0.39 is 5.91 Å². The maximum absolute atomic E-state index is 12.0. The van der Waals surface area contributed by atoms with Gasteiger partial charge in [-0.1, -0.05) is 11.6 Å². The van der Waals surface area contributed by atoms with Crippen molar-refractivity contribution < 1.29 is 15.0 Å². The normalized spacial score (nSPS) is 10.2. The Kier molecular flexibility index (Phi) is 4.16. The molecule has 6 heteroatoms. The Balaban J connectivity index is 2.28. The number of anilines is 1. The second-order valence-electron chi connectivity index (χ2n) is 3.78. The number of carbonyl (C=O) groups is 1. The number of amides is 1. The lowest BCUT2D eigenvalue weighted by molar-refractivity contribution is 0.102.